The first-order valence-corrected chi connectivity index (χ1v) is 8.41. The van der Waals surface area contributed by atoms with Gasteiger partial charge in [0, 0.05) is 22.9 Å². The Labute approximate surface area is 134 Å². The van der Waals surface area contributed by atoms with E-state index < -0.39 is 0 Å². The quantitative estimate of drug-likeness (QED) is 0.780. The Morgan fingerprint density at radius 2 is 2.10 bits per heavy atom. The number of hydrogen-bond donors (Lipinski definition) is 1. The number of carbonyl (C=O) groups excluding carboxylic acids is 1. The summed E-state index contributed by atoms with van der Waals surface area (Å²) in [5, 5.41) is 0. The van der Waals surface area contributed by atoms with Crippen LogP contribution < -0.4 is 10.6 Å². The maximum absolute atomic E-state index is 12.6. The third-order valence-electron chi connectivity index (χ3n) is 2.98. The van der Waals surface area contributed by atoms with Gasteiger partial charge >= 0.3 is 0 Å². The average molecular weight is 345 g/mol. The predicted octanol–water partition coefficient (Wildman–Crippen LogP) is 4.39. The van der Waals surface area contributed by atoms with Gasteiger partial charge in [0.2, 0.25) is 0 Å². The summed E-state index contributed by atoms with van der Waals surface area (Å²) in [6.45, 7) is 0.629. The number of fused-ring (bicyclic) bond motifs is 1. The van der Waals surface area contributed by atoms with Crippen molar-refractivity contribution in [2.75, 3.05) is 22.9 Å². The number of anilines is 2. The van der Waals surface area contributed by atoms with Crippen LogP contribution in [0, 0.1) is 0 Å². The Balaban J connectivity index is 2.02. The van der Waals surface area contributed by atoms with Gasteiger partial charge in [-0.1, -0.05) is 23.2 Å². The SMILES string of the molecule is Nc1ccc2c(c1)N(C(=O)c1cc(Cl)sc1Cl)CCS2. The molecule has 1 aromatic heterocycles. The van der Waals surface area contributed by atoms with Crippen molar-refractivity contribution in [3.63, 3.8) is 0 Å². The molecule has 3 rings (SSSR count). The highest BCUT2D eigenvalue weighted by Crippen LogP contribution is 2.39. The Morgan fingerprint density at radius 1 is 1.30 bits per heavy atom. The normalized spacial score (nSPS) is 14.2. The van der Waals surface area contributed by atoms with Crippen molar-refractivity contribution >= 4 is 63.6 Å². The smallest absolute Gasteiger partial charge is 0.260 e. The van der Waals surface area contributed by atoms with Crippen LogP contribution in [0.3, 0.4) is 0 Å². The van der Waals surface area contributed by atoms with Gasteiger partial charge < -0.3 is 10.6 Å². The number of thiophene rings is 1. The number of nitrogens with two attached hydrogens (primary N) is 1. The lowest BCUT2D eigenvalue weighted by Crippen LogP contribution is -2.35. The van der Waals surface area contributed by atoms with Crippen LogP contribution in [0.1, 0.15) is 10.4 Å². The Bertz CT molecular complexity index is 687. The van der Waals surface area contributed by atoms with Gasteiger partial charge in [-0.05, 0) is 24.3 Å². The van der Waals surface area contributed by atoms with Crippen LogP contribution in [0.5, 0.6) is 0 Å². The molecule has 0 fully saturated rings. The van der Waals surface area contributed by atoms with E-state index in [1.54, 1.807) is 22.7 Å². The number of thioether (sulfide) groups is 1. The Kier molecular flexibility index (Phi) is 3.86. The van der Waals surface area contributed by atoms with Crippen LogP contribution >= 0.6 is 46.3 Å². The molecule has 0 radical (unpaired) electrons. The number of benzene rings is 1. The van der Waals surface area contributed by atoms with Crippen molar-refractivity contribution < 1.29 is 4.79 Å². The van der Waals surface area contributed by atoms with Crippen LogP contribution in [0.2, 0.25) is 8.67 Å². The van der Waals surface area contributed by atoms with Gasteiger partial charge in [0.25, 0.3) is 5.91 Å². The number of amides is 1. The lowest BCUT2D eigenvalue weighted by Gasteiger charge is -2.29. The number of halogens is 2. The van der Waals surface area contributed by atoms with E-state index in [9.17, 15) is 4.79 Å². The molecule has 2 aromatic rings. The first-order chi connectivity index (χ1) is 9.56. The van der Waals surface area contributed by atoms with E-state index >= 15 is 0 Å². The van der Waals surface area contributed by atoms with Crippen molar-refractivity contribution in [2.45, 2.75) is 4.90 Å². The molecule has 2 N–H and O–H groups in total. The predicted molar refractivity (Wildman–Crippen MR) is 87.6 cm³/mol. The number of nitrogen functional groups attached to an aromatic ring is 1. The molecule has 2 heterocycles. The zero-order valence-corrected chi connectivity index (χ0v) is 13.4. The molecule has 0 saturated carbocycles. The maximum atomic E-state index is 12.6. The highest BCUT2D eigenvalue weighted by Gasteiger charge is 2.26. The fraction of sp³-hybridized carbons (Fsp3) is 0.154. The van der Waals surface area contributed by atoms with E-state index in [4.69, 9.17) is 28.9 Å². The molecule has 0 saturated heterocycles. The molecular formula is C13H10Cl2N2OS2. The molecule has 3 nitrogen and oxygen atoms in total. The molecule has 0 atom stereocenters. The second-order valence-corrected chi connectivity index (χ2v) is 7.69. The molecule has 104 valence electrons. The lowest BCUT2D eigenvalue weighted by molar-refractivity contribution is 0.0988. The van der Waals surface area contributed by atoms with Crippen LogP contribution in [-0.4, -0.2) is 18.2 Å². The van der Waals surface area contributed by atoms with Crippen LogP contribution in [0.15, 0.2) is 29.2 Å². The molecule has 20 heavy (non-hydrogen) atoms. The highest BCUT2D eigenvalue weighted by molar-refractivity contribution is 7.99. The summed E-state index contributed by atoms with van der Waals surface area (Å²) in [6.07, 6.45) is 0. The fourth-order valence-electron chi connectivity index (χ4n) is 2.08. The summed E-state index contributed by atoms with van der Waals surface area (Å²) in [5.41, 5.74) is 7.75. The highest BCUT2D eigenvalue weighted by atomic mass is 35.5. The summed E-state index contributed by atoms with van der Waals surface area (Å²) in [4.78, 5) is 15.4. The van der Waals surface area contributed by atoms with Crippen LogP contribution in [0.4, 0.5) is 11.4 Å². The second kappa shape index (κ2) is 5.48. The van der Waals surface area contributed by atoms with E-state index in [-0.39, 0.29) is 5.91 Å². The summed E-state index contributed by atoms with van der Waals surface area (Å²) < 4.78 is 0.932. The minimum atomic E-state index is -0.134. The summed E-state index contributed by atoms with van der Waals surface area (Å²) in [6, 6.07) is 7.22. The van der Waals surface area contributed by atoms with Crippen molar-refractivity contribution in [2.24, 2.45) is 0 Å². The molecule has 0 unspecified atom stereocenters. The molecule has 0 bridgehead atoms. The third kappa shape index (κ3) is 2.51. The lowest BCUT2D eigenvalue weighted by atomic mass is 10.2. The Morgan fingerprint density at radius 3 is 2.80 bits per heavy atom. The van der Waals surface area contributed by atoms with Gasteiger partial charge in [-0.25, -0.2) is 0 Å². The van der Waals surface area contributed by atoms with Crippen LogP contribution in [-0.2, 0) is 0 Å². The fourth-order valence-corrected chi connectivity index (χ4v) is 4.50. The second-order valence-electron chi connectivity index (χ2n) is 4.27. The van der Waals surface area contributed by atoms with E-state index in [0.29, 0.717) is 26.5 Å². The number of nitrogens with zero attached hydrogens (tertiary/aromatic N) is 1. The van der Waals surface area contributed by atoms with E-state index in [1.807, 2.05) is 18.2 Å². The molecule has 0 spiro atoms. The molecule has 1 aliphatic heterocycles. The molecule has 0 aliphatic carbocycles. The Hall–Kier alpha value is -0.880. The van der Waals surface area contributed by atoms with Gasteiger partial charge in [-0.15, -0.1) is 23.1 Å². The van der Waals surface area contributed by atoms with Gasteiger partial charge in [-0.2, -0.15) is 0 Å². The van der Waals surface area contributed by atoms with E-state index in [1.165, 1.54) is 11.3 Å². The topological polar surface area (TPSA) is 46.3 Å². The number of hydrogen-bond acceptors (Lipinski definition) is 4. The van der Waals surface area contributed by atoms with Crippen LogP contribution in [0.25, 0.3) is 0 Å². The third-order valence-corrected chi connectivity index (χ3v) is 5.51. The molecular weight excluding hydrogens is 335 g/mol. The van der Waals surface area contributed by atoms with Gasteiger partial charge in [0.05, 0.1) is 15.6 Å². The summed E-state index contributed by atoms with van der Waals surface area (Å²) >= 11 is 14.9. The minimum Gasteiger partial charge on any atom is -0.399 e. The van der Waals surface area contributed by atoms with E-state index in [2.05, 4.69) is 0 Å². The van der Waals surface area contributed by atoms with Crippen molar-refractivity contribution in [1.29, 1.82) is 0 Å². The monoisotopic (exact) mass is 344 g/mol. The first-order valence-electron chi connectivity index (χ1n) is 5.85. The minimum absolute atomic E-state index is 0.134. The molecule has 1 aromatic carbocycles. The van der Waals surface area contributed by atoms with Gasteiger partial charge in [-0.3, -0.25) is 4.79 Å². The molecule has 1 amide bonds. The zero-order valence-electron chi connectivity index (χ0n) is 10.2. The van der Waals surface area contributed by atoms with E-state index in [0.717, 1.165) is 16.3 Å². The van der Waals surface area contributed by atoms with Crippen molar-refractivity contribution in [1.82, 2.24) is 0 Å². The average Bonchev–Trinajstić information content (AvgIpc) is 2.76. The summed E-state index contributed by atoms with van der Waals surface area (Å²) in [5.74, 6) is 0.711. The largest absolute Gasteiger partial charge is 0.399 e. The van der Waals surface area contributed by atoms with Gasteiger partial charge in [0.1, 0.15) is 4.34 Å². The molecule has 1 aliphatic rings. The summed E-state index contributed by atoms with van der Waals surface area (Å²) in [7, 11) is 0. The van der Waals surface area contributed by atoms with Crippen molar-refractivity contribution in [3.8, 4) is 0 Å². The molecule has 7 heteroatoms. The van der Waals surface area contributed by atoms with Gasteiger partial charge in [0.15, 0.2) is 0 Å². The number of rotatable bonds is 1. The first kappa shape index (κ1) is 14.1. The number of carbonyl (C=O) groups is 1. The standard InChI is InChI=1S/C13H10Cl2N2OS2/c14-11-6-8(12(15)20-11)13(18)17-3-4-19-10-2-1-7(16)5-9(10)17/h1-2,5-6H,3-4,16H2. The maximum Gasteiger partial charge on any atom is 0.260 e. The van der Waals surface area contributed by atoms with Crippen molar-refractivity contribution in [3.05, 3.63) is 38.5 Å². The zero-order chi connectivity index (χ0) is 14.3.